The van der Waals surface area contributed by atoms with Crippen molar-refractivity contribution in [2.45, 2.75) is 50.6 Å². The van der Waals surface area contributed by atoms with Gasteiger partial charge >= 0.3 is 0 Å². The highest BCUT2D eigenvalue weighted by Gasteiger charge is 2.34. The maximum Gasteiger partial charge on any atom is 0.264 e. The molecule has 7 nitrogen and oxygen atoms in total. The van der Waals surface area contributed by atoms with E-state index in [4.69, 9.17) is 34.8 Å². The van der Waals surface area contributed by atoms with Gasteiger partial charge in [0.25, 0.3) is 10.0 Å². The topological polar surface area (TPSA) is 86.8 Å². The van der Waals surface area contributed by atoms with Crippen molar-refractivity contribution < 1.29 is 18.0 Å². The number of para-hydroxylation sites is 1. The predicted molar refractivity (Wildman–Crippen MR) is 161 cm³/mol. The van der Waals surface area contributed by atoms with Gasteiger partial charge in [0.1, 0.15) is 12.6 Å². The first-order chi connectivity index (χ1) is 19.1. The maximum absolute atomic E-state index is 14.0. The Kier molecular flexibility index (Phi) is 11.7. The smallest absolute Gasteiger partial charge is 0.264 e. The van der Waals surface area contributed by atoms with E-state index in [-0.39, 0.29) is 28.1 Å². The minimum absolute atomic E-state index is 0.00287. The van der Waals surface area contributed by atoms with Crippen LogP contribution in [0.15, 0.2) is 77.7 Å². The number of nitrogens with zero attached hydrogens (tertiary/aromatic N) is 2. The molecule has 0 aliphatic heterocycles. The van der Waals surface area contributed by atoms with Crippen molar-refractivity contribution >= 4 is 62.3 Å². The molecule has 0 fully saturated rings. The van der Waals surface area contributed by atoms with Crippen molar-refractivity contribution in [3.8, 4) is 0 Å². The normalized spacial score (nSPS) is 12.0. The number of halogens is 3. The van der Waals surface area contributed by atoms with Crippen molar-refractivity contribution in [1.82, 2.24) is 10.2 Å². The number of nitrogens with one attached hydrogen (secondary N) is 1. The highest BCUT2D eigenvalue weighted by atomic mass is 35.5. The number of benzene rings is 3. The lowest BCUT2D eigenvalue weighted by atomic mass is 10.1. The number of anilines is 1. The molecule has 11 heteroatoms. The van der Waals surface area contributed by atoms with Gasteiger partial charge in [-0.1, -0.05) is 91.5 Å². The van der Waals surface area contributed by atoms with Crippen molar-refractivity contribution in [2.24, 2.45) is 0 Å². The van der Waals surface area contributed by atoms with Crippen LogP contribution in [0.3, 0.4) is 0 Å². The molecular weight excluding hydrogens is 593 g/mol. The van der Waals surface area contributed by atoms with Crippen LogP contribution >= 0.6 is 34.8 Å². The second-order valence-corrected chi connectivity index (χ2v) is 12.2. The Labute approximate surface area is 251 Å². The van der Waals surface area contributed by atoms with E-state index in [0.29, 0.717) is 28.6 Å². The Balaban J connectivity index is 2.05. The summed E-state index contributed by atoms with van der Waals surface area (Å²) in [5.41, 5.74) is 0.786. The number of hydrogen-bond acceptors (Lipinski definition) is 4. The average Bonchev–Trinajstić information content (AvgIpc) is 2.94. The number of unbranched alkanes of at least 4 members (excludes halogenated alkanes) is 1. The third kappa shape index (κ3) is 7.91. The molecule has 0 saturated heterocycles. The second-order valence-electron chi connectivity index (χ2n) is 9.11. The highest BCUT2D eigenvalue weighted by molar-refractivity contribution is 7.92. The largest absolute Gasteiger partial charge is 0.354 e. The maximum atomic E-state index is 14.0. The molecule has 0 aliphatic carbocycles. The first-order valence-electron chi connectivity index (χ1n) is 12.9. The number of rotatable bonds is 13. The van der Waals surface area contributed by atoms with Gasteiger partial charge in [0.05, 0.1) is 25.7 Å². The van der Waals surface area contributed by atoms with E-state index in [1.54, 1.807) is 61.5 Å². The Hall–Kier alpha value is -2.78. The van der Waals surface area contributed by atoms with Crippen LogP contribution in [0, 0.1) is 0 Å². The molecule has 1 unspecified atom stereocenters. The molecule has 3 aromatic carbocycles. The van der Waals surface area contributed by atoms with Crippen LogP contribution in [0.5, 0.6) is 0 Å². The summed E-state index contributed by atoms with van der Waals surface area (Å²) in [6.07, 6.45) is 1.99. The third-order valence-electron chi connectivity index (χ3n) is 6.28. The summed E-state index contributed by atoms with van der Waals surface area (Å²) in [6, 6.07) is 18.3. The number of amides is 2. The molecular formula is C29H32Cl3N3O4S. The van der Waals surface area contributed by atoms with Gasteiger partial charge in [0, 0.05) is 13.1 Å². The molecule has 0 bridgehead atoms. The Morgan fingerprint density at radius 2 is 1.55 bits per heavy atom. The Bertz CT molecular complexity index is 1420. The van der Waals surface area contributed by atoms with Crippen LogP contribution in [-0.4, -0.2) is 44.3 Å². The lowest BCUT2D eigenvalue weighted by Crippen LogP contribution is -2.52. The number of sulfonamides is 1. The summed E-state index contributed by atoms with van der Waals surface area (Å²) in [5.74, 6) is -0.900. The van der Waals surface area contributed by atoms with Crippen LogP contribution in [0.2, 0.25) is 15.1 Å². The quantitative estimate of drug-likeness (QED) is 0.218. The monoisotopic (exact) mass is 623 g/mol. The third-order valence-corrected chi connectivity index (χ3v) is 9.12. The predicted octanol–water partition coefficient (Wildman–Crippen LogP) is 6.57. The van der Waals surface area contributed by atoms with Gasteiger partial charge in [-0.15, -0.1) is 0 Å². The average molecular weight is 625 g/mol. The van der Waals surface area contributed by atoms with Crippen LogP contribution in [0.25, 0.3) is 0 Å². The lowest BCUT2D eigenvalue weighted by Gasteiger charge is -2.33. The summed E-state index contributed by atoms with van der Waals surface area (Å²) in [5, 5.41) is 3.71. The van der Waals surface area contributed by atoms with Crippen LogP contribution in [0.4, 0.5) is 5.69 Å². The van der Waals surface area contributed by atoms with E-state index >= 15 is 0 Å². The summed E-state index contributed by atoms with van der Waals surface area (Å²) in [7, 11) is -4.20. The molecule has 40 heavy (non-hydrogen) atoms. The summed E-state index contributed by atoms with van der Waals surface area (Å²) < 4.78 is 28.6. The first kappa shape index (κ1) is 31.7. The molecule has 3 aromatic rings. The fourth-order valence-corrected chi connectivity index (χ4v) is 6.21. The molecule has 0 aliphatic rings. The number of carbonyl (C=O) groups excluding carboxylic acids is 2. The number of hydrogen-bond donors (Lipinski definition) is 1. The Morgan fingerprint density at radius 1 is 0.875 bits per heavy atom. The molecule has 0 spiro atoms. The van der Waals surface area contributed by atoms with Crippen LogP contribution in [0.1, 0.15) is 38.7 Å². The second kappa shape index (κ2) is 14.7. The minimum atomic E-state index is -4.20. The van der Waals surface area contributed by atoms with Crippen molar-refractivity contribution in [3.63, 3.8) is 0 Å². The van der Waals surface area contributed by atoms with E-state index in [2.05, 4.69) is 5.32 Å². The molecule has 1 N–H and O–H groups in total. The van der Waals surface area contributed by atoms with E-state index in [1.807, 2.05) is 6.92 Å². The molecule has 0 saturated carbocycles. The minimum Gasteiger partial charge on any atom is -0.354 e. The molecule has 0 heterocycles. The molecule has 0 radical (unpaired) electrons. The molecule has 214 valence electrons. The van der Waals surface area contributed by atoms with Gasteiger partial charge in [-0.25, -0.2) is 8.42 Å². The van der Waals surface area contributed by atoms with Gasteiger partial charge < -0.3 is 10.2 Å². The van der Waals surface area contributed by atoms with Crippen molar-refractivity contribution in [3.05, 3.63) is 93.4 Å². The lowest BCUT2D eigenvalue weighted by molar-refractivity contribution is -0.140. The zero-order chi connectivity index (χ0) is 29.3. The molecule has 3 rings (SSSR count). The molecule has 0 aromatic heterocycles. The summed E-state index contributed by atoms with van der Waals surface area (Å²) >= 11 is 18.7. The first-order valence-corrected chi connectivity index (χ1v) is 15.5. The van der Waals surface area contributed by atoms with E-state index in [9.17, 15) is 18.0 Å². The van der Waals surface area contributed by atoms with E-state index in [1.165, 1.54) is 23.1 Å². The highest BCUT2D eigenvalue weighted by Crippen LogP contribution is 2.31. The van der Waals surface area contributed by atoms with Gasteiger partial charge in [-0.2, -0.15) is 0 Å². The van der Waals surface area contributed by atoms with Crippen LogP contribution in [-0.2, 0) is 26.2 Å². The molecule has 2 amide bonds. The fourth-order valence-electron chi connectivity index (χ4n) is 4.15. The fraction of sp³-hybridized carbons (Fsp3) is 0.310. The molecule has 1 atom stereocenters. The van der Waals surface area contributed by atoms with E-state index in [0.717, 1.165) is 17.1 Å². The summed E-state index contributed by atoms with van der Waals surface area (Å²) in [4.78, 5) is 28.7. The van der Waals surface area contributed by atoms with Gasteiger partial charge in [-0.05, 0) is 54.8 Å². The van der Waals surface area contributed by atoms with Crippen LogP contribution < -0.4 is 9.62 Å². The van der Waals surface area contributed by atoms with E-state index < -0.39 is 28.5 Å². The Morgan fingerprint density at radius 3 is 2.17 bits per heavy atom. The zero-order valence-electron chi connectivity index (χ0n) is 22.3. The van der Waals surface area contributed by atoms with Gasteiger partial charge in [0.2, 0.25) is 11.8 Å². The van der Waals surface area contributed by atoms with Crippen molar-refractivity contribution in [1.29, 1.82) is 0 Å². The van der Waals surface area contributed by atoms with Gasteiger partial charge in [-0.3, -0.25) is 13.9 Å². The van der Waals surface area contributed by atoms with Gasteiger partial charge in [0.15, 0.2) is 0 Å². The summed E-state index contributed by atoms with van der Waals surface area (Å²) in [6.45, 7) is 3.71. The zero-order valence-corrected chi connectivity index (χ0v) is 25.4. The number of carbonyl (C=O) groups is 2. The SMILES string of the molecule is CCCCNC(=O)C(CC)N(Cc1ccc(Cl)c(Cl)c1)C(=O)CN(c1ccccc1Cl)S(=O)(=O)c1ccccc1. The standard InChI is InChI=1S/C29H32Cl3N3O4S/c1-3-5-17-33-29(37)26(4-2)34(19-21-15-16-23(30)25(32)18-21)28(36)20-35(27-14-10-9-13-24(27)31)40(38,39)22-11-7-6-8-12-22/h6-16,18,26H,3-5,17,19-20H2,1-2H3,(H,33,37). The van der Waals surface area contributed by atoms with Crippen molar-refractivity contribution in [2.75, 3.05) is 17.4 Å².